The number of sulfonamides is 1. The van der Waals surface area contributed by atoms with Crippen LogP contribution in [-0.2, 0) is 10.0 Å². The Morgan fingerprint density at radius 2 is 1.92 bits per heavy atom. The first-order valence-electron chi connectivity index (χ1n) is 7.03. The summed E-state index contributed by atoms with van der Waals surface area (Å²) in [4.78, 5) is 10.7. The molecule has 126 valence electrons. The first-order chi connectivity index (χ1) is 11.4. The molecular weight excluding hydrogens is 416 g/mol. The Kier molecular flexibility index (Phi) is 4.95. The van der Waals surface area contributed by atoms with Crippen LogP contribution in [0.4, 0.5) is 5.69 Å². The second kappa shape index (κ2) is 6.83. The first-order valence-corrected chi connectivity index (χ1v) is 10.3. The van der Waals surface area contributed by atoms with Crippen molar-refractivity contribution in [3.8, 4) is 0 Å². The van der Waals surface area contributed by atoms with Crippen LogP contribution >= 0.6 is 27.7 Å². The second-order valence-electron chi connectivity index (χ2n) is 5.14. The maximum absolute atomic E-state index is 12.9. The minimum atomic E-state index is -3.66. The molecule has 9 heteroatoms. The van der Waals surface area contributed by atoms with Gasteiger partial charge >= 0.3 is 0 Å². The highest BCUT2D eigenvalue weighted by atomic mass is 79.9. The van der Waals surface area contributed by atoms with Gasteiger partial charge in [0.25, 0.3) is 5.69 Å². The summed E-state index contributed by atoms with van der Waals surface area (Å²) in [6.45, 7) is 0.371. The lowest BCUT2D eigenvalue weighted by molar-refractivity contribution is -0.384. The van der Waals surface area contributed by atoms with Gasteiger partial charge in [0.1, 0.15) is 0 Å². The lowest BCUT2D eigenvalue weighted by Gasteiger charge is -2.23. The molecule has 0 bridgehead atoms. The fraction of sp³-hybridized carbons (Fsp3) is 0.200. The van der Waals surface area contributed by atoms with Crippen molar-refractivity contribution >= 4 is 43.4 Å². The molecule has 24 heavy (non-hydrogen) atoms. The summed E-state index contributed by atoms with van der Waals surface area (Å²) in [5.74, 6) is 0.642. The van der Waals surface area contributed by atoms with Gasteiger partial charge in [-0.3, -0.25) is 10.1 Å². The predicted molar refractivity (Wildman–Crippen MR) is 96.3 cm³/mol. The van der Waals surface area contributed by atoms with Gasteiger partial charge in [-0.1, -0.05) is 28.1 Å². The Labute approximate surface area is 152 Å². The van der Waals surface area contributed by atoms with Crippen LogP contribution in [0.2, 0.25) is 0 Å². The third kappa shape index (κ3) is 3.34. The van der Waals surface area contributed by atoms with Gasteiger partial charge < -0.3 is 0 Å². The molecule has 2 aromatic rings. The summed E-state index contributed by atoms with van der Waals surface area (Å²) in [7, 11) is -3.66. The molecule has 1 atom stereocenters. The van der Waals surface area contributed by atoms with Crippen molar-refractivity contribution in [3.05, 3.63) is 68.7 Å². The SMILES string of the molecule is O=[N+]([O-])c1cccc([C@H]2SCCN2S(=O)(=O)c2ccc(Br)cc2)c1. The number of nitrogens with zero attached hydrogens (tertiary/aromatic N) is 2. The maximum atomic E-state index is 12.9. The number of nitro benzene ring substituents is 1. The zero-order valence-corrected chi connectivity index (χ0v) is 15.6. The van der Waals surface area contributed by atoms with Gasteiger partial charge in [-0.05, 0) is 29.8 Å². The quantitative estimate of drug-likeness (QED) is 0.546. The average Bonchev–Trinajstić information content (AvgIpc) is 3.06. The van der Waals surface area contributed by atoms with Crippen molar-refractivity contribution in [2.45, 2.75) is 10.3 Å². The fourth-order valence-electron chi connectivity index (χ4n) is 2.50. The third-order valence-electron chi connectivity index (χ3n) is 3.64. The van der Waals surface area contributed by atoms with Crippen LogP contribution in [-0.4, -0.2) is 29.9 Å². The van der Waals surface area contributed by atoms with Gasteiger partial charge in [-0.15, -0.1) is 11.8 Å². The topological polar surface area (TPSA) is 80.5 Å². The lowest BCUT2D eigenvalue weighted by atomic mass is 10.2. The number of benzene rings is 2. The Morgan fingerprint density at radius 3 is 2.58 bits per heavy atom. The molecule has 1 aliphatic heterocycles. The molecule has 0 aromatic heterocycles. The summed E-state index contributed by atoms with van der Waals surface area (Å²) in [6, 6.07) is 12.6. The van der Waals surface area contributed by atoms with Gasteiger partial charge in [0, 0.05) is 28.9 Å². The van der Waals surface area contributed by atoms with Crippen molar-refractivity contribution in [2.75, 3.05) is 12.3 Å². The van der Waals surface area contributed by atoms with Crippen molar-refractivity contribution in [3.63, 3.8) is 0 Å². The Morgan fingerprint density at radius 1 is 1.21 bits per heavy atom. The molecule has 6 nitrogen and oxygen atoms in total. The summed E-state index contributed by atoms with van der Waals surface area (Å²) in [5, 5.41) is 10.5. The molecule has 2 aromatic carbocycles. The van der Waals surface area contributed by atoms with Crippen LogP contribution in [0.25, 0.3) is 0 Å². The van der Waals surface area contributed by atoms with Gasteiger partial charge in [-0.25, -0.2) is 8.42 Å². The maximum Gasteiger partial charge on any atom is 0.269 e. The van der Waals surface area contributed by atoms with E-state index in [2.05, 4.69) is 15.9 Å². The molecule has 0 spiro atoms. The van der Waals surface area contributed by atoms with E-state index >= 15 is 0 Å². The van der Waals surface area contributed by atoms with Gasteiger partial charge in [0.15, 0.2) is 0 Å². The fourth-order valence-corrected chi connectivity index (χ4v) is 5.99. The van der Waals surface area contributed by atoms with Crippen molar-refractivity contribution in [1.82, 2.24) is 4.31 Å². The number of rotatable bonds is 4. The summed E-state index contributed by atoms with van der Waals surface area (Å²) in [6.07, 6.45) is 0. The normalized spacial score (nSPS) is 18.6. The summed E-state index contributed by atoms with van der Waals surface area (Å²) in [5.41, 5.74) is 0.577. The van der Waals surface area contributed by atoms with E-state index in [0.717, 1.165) is 4.47 Å². The lowest BCUT2D eigenvalue weighted by Crippen LogP contribution is -2.30. The number of hydrogen-bond donors (Lipinski definition) is 0. The predicted octanol–water partition coefficient (Wildman–Crippen LogP) is 3.79. The van der Waals surface area contributed by atoms with Crippen molar-refractivity contribution < 1.29 is 13.3 Å². The monoisotopic (exact) mass is 428 g/mol. The zero-order chi connectivity index (χ0) is 17.3. The van der Waals surface area contributed by atoms with E-state index in [-0.39, 0.29) is 10.6 Å². The molecule has 0 saturated carbocycles. The van der Waals surface area contributed by atoms with Gasteiger partial charge in [0.05, 0.1) is 15.2 Å². The second-order valence-corrected chi connectivity index (χ2v) is 9.14. The van der Waals surface area contributed by atoms with E-state index in [0.29, 0.717) is 17.9 Å². The molecule has 0 N–H and O–H groups in total. The smallest absolute Gasteiger partial charge is 0.258 e. The first kappa shape index (κ1) is 17.4. The number of hydrogen-bond acceptors (Lipinski definition) is 5. The van der Waals surface area contributed by atoms with Crippen LogP contribution in [0.5, 0.6) is 0 Å². The van der Waals surface area contributed by atoms with Gasteiger partial charge in [-0.2, -0.15) is 4.31 Å². The zero-order valence-electron chi connectivity index (χ0n) is 12.3. The molecule has 0 unspecified atom stereocenters. The van der Waals surface area contributed by atoms with Crippen molar-refractivity contribution in [1.29, 1.82) is 0 Å². The molecule has 1 heterocycles. The minimum Gasteiger partial charge on any atom is -0.258 e. The van der Waals surface area contributed by atoms with E-state index < -0.39 is 20.3 Å². The van der Waals surface area contributed by atoms with E-state index in [1.807, 2.05) is 0 Å². The third-order valence-corrected chi connectivity index (χ3v) is 7.44. The van der Waals surface area contributed by atoms with E-state index in [1.54, 1.807) is 36.4 Å². The van der Waals surface area contributed by atoms with E-state index in [4.69, 9.17) is 0 Å². The van der Waals surface area contributed by atoms with Crippen LogP contribution in [0.15, 0.2) is 57.9 Å². The molecule has 0 amide bonds. The number of nitro groups is 1. The Bertz CT molecular complexity index is 871. The summed E-state index contributed by atoms with van der Waals surface area (Å²) < 4.78 is 28.0. The highest BCUT2D eigenvalue weighted by Crippen LogP contribution is 2.42. The number of non-ortho nitro benzene ring substituents is 1. The molecule has 1 saturated heterocycles. The Balaban J connectivity index is 1.97. The number of halogens is 1. The molecule has 0 radical (unpaired) electrons. The Hall–Kier alpha value is -1.42. The molecule has 3 rings (SSSR count). The molecule has 0 aliphatic carbocycles. The summed E-state index contributed by atoms with van der Waals surface area (Å²) >= 11 is 4.75. The van der Waals surface area contributed by atoms with Crippen LogP contribution in [0.3, 0.4) is 0 Å². The number of thioether (sulfide) groups is 1. The minimum absolute atomic E-state index is 0.0408. The van der Waals surface area contributed by atoms with E-state index in [1.165, 1.54) is 28.2 Å². The van der Waals surface area contributed by atoms with Crippen molar-refractivity contribution in [2.24, 2.45) is 0 Å². The largest absolute Gasteiger partial charge is 0.269 e. The molecule has 1 aliphatic rings. The van der Waals surface area contributed by atoms with Crippen LogP contribution in [0.1, 0.15) is 10.9 Å². The highest BCUT2D eigenvalue weighted by Gasteiger charge is 2.37. The average molecular weight is 429 g/mol. The van der Waals surface area contributed by atoms with Gasteiger partial charge in [0.2, 0.25) is 10.0 Å². The molecular formula is C15H13BrN2O4S2. The standard InChI is InChI=1S/C15H13BrN2O4S2/c16-12-4-6-14(7-5-12)24(21,22)17-8-9-23-15(17)11-2-1-3-13(10-11)18(19)20/h1-7,10,15H,8-9H2/t15-/m1/s1. The molecule has 1 fully saturated rings. The van der Waals surface area contributed by atoms with E-state index in [9.17, 15) is 18.5 Å². The van der Waals surface area contributed by atoms with Crippen LogP contribution in [0, 0.1) is 10.1 Å². The highest BCUT2D eigenvalue weighted by molar-refractivity contribution is 9.10. The van der Waals surface area contributed by atoms with Crippen LogP contribution < -0.4 is 0 Å².